The van der Waals surface area contributed by atoms with Crippen molar-refractivity contribution in [3.05, 3.63) is 65.2 Å². The molecule has 0 saturated heterocycles. The van der Waals surface area contributed by atoms with Crippen LogP contribution < -0.4 is 5.32 Å². The van der Waals surface area contributed by atoms with Crippen molar-refractivity contribution in [2.45, 2.75) is 24.8 Å². The van der Waals surface area contributed by atoms with E-state index in [0.29, 0.717) is 5.56 Å². The fourth-order valence-corrected chi connectivity index (χ4v) is 2.78. The largest absolute Gasteiger partial charge is 0.346 e. The van der Waals surface area contributed by atoms with Gasteiger partial charge in [-0.2, -0.15) is 0 Å². The maximum absolute atomic E-state index is 12.2. The highest BCUT2D eigenvalue weighted by molar-refractivity contribution is 7.90. The Labute approximate surface area is 131 Å². The molecule has 2 rings (SSSR count). The first-order valence-electron chi connectivity index (χ1n) is 6.95. The molecule has 22 heavy (non-hydrogen) atoms. The topological polar surface area (TPSA) is 63.2 Å². The number of carbonyl (C=O) groups excluding carboxylic acids is 1. The zero-order valence-electron chi connectivity index (χ0n) is 12.8. The third-order valence-corrected chi connectivity index (χ3v) is 4.56. The number of carbonyl (C=O) groups is 1. The molecule has 116 valence electrons. The number of hydrogen-bond acceptors (Lipinski definition) is 3. The second-order valence-electron chi connectivity index (χ2n) is 5.41. The molecule has 2 aromatic carbocycles. The summed E-state index contributed by atoms with van der Waals surface area (Å²) in [6.07, 6.45) is 1.17. The smallest absolute Gasteiger partial charge is 0.251 e. The number of sulfone groups is 1. The summed E-state index contributed by atoms with van der Waals surface area (Å²) in [5.74, 6) is -0.150. The first kappa shape index (κ1) is 16.2. The van der Waals surface area contributed by atoms with Crippen molar-refractivity contribution in [2.24, 2.45) is 0 Å². The Morgan fingerprint density at radius 2 is 1.73 bits per heavy atom. The summed E-state index contributed by atoms with van der Waals surface area (Å²) >= 11 is 0. The van der Waals surface area contributed by atoms with Gasteiger partial charge in [0.15, 0.2) is 9.84 Å². The second-order valence-corrected chi connectivity index (χ2v) is 7.42. The van der Waals surface area contributed by atoms with Gasteiger partial charge in [-0.3, -0.25) is 4.79 Å². The van der Waals surface area contributed by atoms with Crippen LogP contribution in [0.5, 0.6) is 0 Å². The van der Waals surface area contributed by atoms with Crippen LogP contribution in [-0.2, 0) is 9.84 Å². The van der Waals surface area contributed by atoms with Gasteiger partial charge in [0.1, 0.15) is 0 Å². The Kier molecular flexibility index (Phi) is 4.66. The lowest BCUT2D eigenvalue weighted by Gasteiger charge is -2.15. The standard InChI is InChI=1S/C17H19NO3S/c1-12-5-4-6-15(11-12)17(19)18-13(2)14-7-9-16(10-8-14)22(3,20)21/h4-11,13H,1-3H3,(H,18,19)/t13-/m0/s1. The summed E-state index contributed by atoms with van der Waals surface area (Å²) in [6.45, 7) is 3.80. The van der Waals surface area contributed by atoms with Gasteiger partial charge in [-0.25, -0.2) is 8.42 Å². The summed E-state index contributed by atoms with van der Waals surface area (Å²) in [6, 6.07) is 13.7. The molecule has 0 fully saturated rings. The number of nitrogens with one attached hydrogen (secondary N) is 1. The molecular weight excluding hydrogens is 298 g/mol. The van der Waals surface area contributed by atoms with E-state index < -0.39 is 9.84 Å². The lowest BCUT2D eigenvalue weighted by molar-refractivity contribution is 0.0939. The molecule has 0 spiro atoms. The van der Waals surface area contributed by atoms with Crippen LogP contribution in [0.15, 0.2) is 53.4 Å². The van der Waals surface area contributed by atoms with Crippen molar-refractivity contribution in [1.29, 1.82) is 0 Å². The van der Waals surface area contributed by atoms with Gasteiger partial charge < -0.3 is 5.32 Å². The Hall–Kier alpha value is -2.14. The Bertz CT molecular complexity index is 780. The van der Waals surface area contributed by atoms with Crippen LogP contribution in [-0.4, -0.2) is 20.6 Å². The minimum absolute atomic E-state index is 0.150. The van der Waals surface area contributed by atoms with Crippen LogP contribution in [0.2, 0.25) is 0 Å². The number of rotatable bonds is 4. The Balaban J connectivity index is 2.12. The van der Waals surface area contributed by atoms with Gasteiger partial charge in [0.05, 0.1) is 10.9 Å². The zero-order valence-corrected chi connectivity index (χ0v) is 13.6. The van der Waals surface area contributed by atoms with Gasteiger partial charge in [-0.1, -0.05) is 29.8 Å². The number of aryl methyl sites for hydroxylation is 1. The van der Waals surface area contributed by atoms with Gasteiger partial charge in [0, 0.05) is 11.8 Å². The van der Waals surface area contributed by atoms with Crippen LogP contribution in [0.25, 0.3) is 0 Å². The number of benzene rings is 2. The molecule has 1 atom stereocenters. The molecule has 0 aliphatic heterocycles. The number of amides is 1. The van der Waals surface area contributed by atoms with Crippen LogP contribution >= 0.6 is 0 Å². The summed E-state index contributed by atoms with van der Waals surface area (Å²) in [4.78, 5) is 12.5. The molecule has 5 heteroatoms. The third-order valence-electron chi connectivity index (χ3n) is 3.44. The molecule has 0 aromatic heterocycles. The fraction of sp³-hybridized carbons (Fsp3) is 0.235. The maximum atomic E-state index is 12.2. The van der Waals surface area contributed by atoms with E-state index >= 15 is 0 Å². The van der Waals surface area contributed by atoms with Gasteiger partial charge in [-0.15, -0.1) is 0 Å². The van der Waals surface area contributed by atoms with E-state index in [-0.39, 0.29) is 16.8 Å². The van der Waals surface area contributed by atoms with Gasteiger partial charge >= 0.3 is 0 Å². The first-order valence-corrected chi connectivity index (χ1v) is 8.84. The van der Waals surface area contributed by atoms with Gasteiger partial charge in [0.25, 0.3) is 5.91 Å². The molecule has 0 heterocycles. The highest BCUT2D eigenvalue weighted by Crippen LogP contribution is 2.17. The monoisotopic (exact) mass is 317 g/mol. The normalized spacial score (nSPS) is 12.7. The quantitative estimate of drug-likeness (QED) is 0.943. The Morgan fingerprint density at radius 3 is 2.27 bits per heavy atom. The lowest BCUT2D eigenvalue weighted by Crippen LogP contribution is -2.26. The van der Waals surface area contributed by atoms with E-state index in [1.165, 1.54) is 6.26 Å². The molecule has 1 amide bonds. The second kappa shape index (κ2) is 6.32. The minimum Gasteiger partial charge on any atom is -0.346 e. The van der Waals surface area contributed by atoms with Crippen LogP contribution in [0.3, 0.4) is 0 Å². The van der Waals surface area contributed by atoms with E-state index in [9.17, 15) is 13.2 Å². The lowest BCUT2D eigenvalue weighted by atomic mass is 10.1. The average molecular weight is 317 g/mol. The maximum Gasteiger partial charge on any atom is 0.251 e. The van der Waals surface area contributed by atoms with Crippen molar-refractivity contribution in [1.82, 2.24) is 5.32 Å². The van der Waals surface area contributed by atoms with E-state index in [1.807, 2.05) is 32.0 Å². The summed E-state index contributed by atoms with van der Waals surface area (Å²) in [5.41, 5.74) is 2.49. The zero-order chi connectivity index (χ0) is 16.3. The first-order chi connectivity index (χ1) is 10.3. The Morgan fingerprint density at radius 1 is 1.09 bits per heavy atom. The molecule has 0 aliphatic carbocycles. The van der Waals surface area contributed by atoms with Crippen LogP contribution in [0.1, 0.15) is 34.5 Å². The van der Waals surface area contributed by atoms with Crippen molar-refractivity contribution in [3.63, 3.8) is 0 Å². The minimum atomic E-state index is -3.20. The van der Waals surface area contributed by atoms with Crippen LogP contribution in [0.4, 0.5) is 0 Å². The molecule has 0 aliphatic rings. The van der Waals surface area contributed by atoms with Crippen molar-refractivity contribution in [3.8, 4) is 0 Å². The summed E-state index contributed by atoms with van der Waals surface area (Å²) in [5, 5.41) is 2.91. The third kappa shape index (κ3) is 3.95. The molecule has 2 aromatic rings. The highest BCUT2D eigenvalue weighted by Gasteiger charge is 2.13. The number of hydrogen-bond donors (Lipinski definition) is 1. The average Bonchev–Trinajstić information content (AvgIpc) is 2.46. The molecule has 1 N–H and O–H groups in total. The fourth-order valence-electron chi connectivity index (χ4n) is 2.15. The SMILES string of the molecule is Cc1cccc(C(=O)N[C@@H](C)c2ccc(S(C)(=O)=O)cc2)c1. The van der Waals surface area contributed by atoms with E-state index in [4.69, 9.17) is 0 Å². The van der Waals surface area contributed by atoms with Crippen molar-refractivity contribution in [2.75, 3.05) is 6.26 Å². The molecule has 0 unspecified atom stereocenters. The van der Waals surface area contributed by atoms with Gasteiger partial charge in [0.2, 0.25) is 0 Å². The molecule has 0 bridgehead atoms. The van der Waals surface area contributed by atoms with E-state index in [1.54, 1.807) is 30.3 Å². The predicted octanol–water partition coefficient (Wildman–Crippen LogP) is 2.89. The molecule has 0 radical (unpaired) electrons. The summed E-state index contributed by atoms with van der Waals surface area (Å²) < 4.78 is 22.9. The van der Waals surface area contributed by atoms with E-state index in [0.717, 1.165) is 11.1 Å². The highest BCUT2D eigenvalue weighted by atomic mass is 32.2. The van der Waals surface area contributed by atoms with Crippen molar-refractivity contribution >= 4 is 15.7 Å². The molecule has 4 nitrogen and oxygen atoms in total. The van der Waals surface area contributed by atoms with E-state index in [2.05, 4.69) is 5.32 Å². The molecular formula is C17H19NO3S. The van der Waals surface area contributed by atoms with Crippen molar-refractivity contribution < 1.29 is 13.2 Å². The molecule has 0 saturated carbocycles. The summed E-state index contributed by atoms with van der Waals surface area (Å²) in [7, 11) is -3.20. The van der Waals surface area contributed by atoms with Crippen LogP contribution in [0, 0.1) is 6.92 Å². The van der Waals surface area contributed by atoms with Gasteiger partial charge in [-0.05, 0) is 43.7 Å². The predicted molar refractivity (Wildman–Crippen MR) is 86.6 cm³/mol.